The number of benzene rings is 1. The van der Waals surface area contributed by atoms with Crippen LogP contribution < -0.4 is 5.32 Å². The van der Waals surface area contributed by atoms with E-state index in [-0.39, 0.29) is 25.0 Å². The van der Waals surface area contributed by atoms with Crippen LogP contribution in [0.2, 0.25) is 0 Å². The van der Waals surface area contributed by atoms with Crippen molar-refractivity contribution in [2.75, 3.05) is 6.61 Å². The molecule has 18 heavy (non-hydrogen) atoms. The molecule has 0 saturated carbocycles. The van der Waals surface area contributed by atoms with Crippen molar-refractivity contribution in [2.45, 2.75) is 25.8 Å². The number of para-hydroxylation sites is 1. The lowest BCUT2D eigenvalue weighted by molar-refractivity contribution is -0.121. The molecule has 5 nitrogen and oxygen atoms in total. The summed E-state index contributed by atoms with van der Waals surface area (Å²) in [5.74, 6) is -0.157. The summed E-state index contributed by atoms with van der Waals surface area (Å²) >= 11 is 0. The zero-order valence-electron chi connectivity index (χ0n) is 10.2. The maximum atomic E-state index is 11.8. The molecule has 1 heterocycles. The summed E-state index contributed by atoms with van der Waals surface area (Å²) in [6.45, 7) is 1.86. The van der Waals surface area contributed by atoms with Crippen molar-refractivity contribution in [1.82, 2.24) is 10.5 Å². The largest absolute Gasteiger partial charge is 0.394 e. The number of aliphatic hydroxyl groups excluding tert-OH is 1. The van der Waals surface area contributed by atoms with Crippen LogP contribution in [-0.4, -0.2) is 28.8 Å². The molecule has 0 aliphatic heterocycles. The Kier molecular flexibility index (Phi) is 3.94. The van der Waals surface area contributed by atoms with E-state index in [0.717, 1.165) is 5.39 Å². The number of aliphatic hydroxyl groups is 1. The molecule has 1 atom stereocenters. The Balaban J connectivity index is 2.07. The second kappa shape index (κ2) is 5.64. The van der Waals surface area contributed by atoms with E-state index < -0.39 is 0 Å². The third kappa shape index (κ3) is 2.68. The maximum absolute atomic E-state index is 11.8. The number of hydrogen-bond acceptors (Lipinski definition) is 4. The molecule has 96 valence electrons. The van der Waals surface area contributed by atoms with Crippen LogP contribution in [0.15, 0.2) is 28.8 Å². The number of carbonyl (C=O) groups excluding carboxylic acids is 1. The molecule has 0 radical (unpaired) electrons. The van der Waals surface area contributed by atoms with Gasteiger partial charge in [0, 0.05) is 5.39 Å². The molecule has 5 heteroatoms. The number of carbonyl (C=O) groups is 1. The highest BCUT2D eigenvalue weighted by Gasteiger charge is 2.14. The van der Waals surface area contributed by atoms with Gasteiger partial charge in [-0.1, -0.05) is 24.2 Å². The van der Waals surface area contributed by atoms with Crippen molar-refractivity contribution in [3.8, 4) is 0 Å². The Bertz CT molecular complexity index is 532. The van der Waals surface area contributed by atoms with E-state index in [1.807, 2.05) is 31.2 Å². The summed E-state index contributed by atoms with van der Waals surface area (Å²) in [5, 5.41) is 16.5. The van der Waals surface area contributed by atoms with E-state index in [0.29, 0.717) is 17.7 Å². The van der Waals surface area contributed by atoms with E-state index in [1.165, 1.54) is 0 Å². The summed E-state index contributed by atoms with van der Waals surface area (Å²) in [6.07, 6.45) is 0.856. The monoisotopic (exact) mass is 248 g/mol. The van der Waals surface area contributed by atoms with Crippen LogP contribution in [0.3, 0.4) is 0 Å². The number of nitrogens with zero attached hydrogens (tertiary/aromatic N) is 1. The van der Waals surface area contributed by atoms with Crippen molar-refractivity contribution in [3.05, 3.63) is 30.0 Å². The quantitative estimate of drug-likeness (QED) is 0.835. The molecule has 1 aromatic heterocycles. The Morgan fingerprint density at radius 2 is 2.28 bits per heavy atom. The molecule has 2 N–H and O–H groups in total. The molecular formula is C13H16N2O3. The number of hydrogen-bond donors (Lipinski definition) is 2. The summed E-state index contributed by atoms with van der Waals surface area (Å²) in [5.41, 5.74) is 1.30. The molecule has 0 saturated heterocycles. The van der Waals surface area contributed by atoms with Gasteiger partial charge in [0.2, 0.25) is 5.91 Å². The zero-order valence-corrected chi connectivity index (χ0v) is 10.2. The van der Waals surface area contributed by atoms with Gasteiger partial charge in [0.1, 0.15) is 5.69 Å². The fourth-order valence-corrected chi connectivity index (χ4v) is 1.77. The van der Waals surface area contributed by atoms with Gasteiger partial charge < -0.3 is 14.9 Å². The number of fused-ring (bicyclic) bond motifs is 1. The number of aromatic nitrogens is 1. The van der Waals surface area contributed by atoms with Crippen molar-refractivity contribution in [2.24, 2.45) is 0 Å². The average Bonchev–Trinajstić information content (AvgIpc) is 2.79. The SMILES string of the molecule is CC[C@@H](CO)NC(=O)Cc1noc2ccccc12. The van der Waals surface area contributed by atoms with E-state index in [1.54, 1.807) is 0 Å². The van der Waals surface area contributed by atoms with Crippen molar-refractivity contribution >= 4 is 16.9 Å². The van der Waals surface area contributed by atoms with Gasteiger partial charge in [-0.15, -0.1) is 0 Å². The van der Waals surface area contributed by atoms with Crippen LogP contribution in [0.5, 0.6) is 0 Å². The van der Waals surface area contributed by atoms with Gasteiger partial charge >= 0.3 is 0 Å². The van der Waals surface area contributed by atoms with Crippen LogP contribution in [0, 0.1) is 0 Å². The Morgan fingerprint density at radius 1 is 1.50 bits per heavy atom. The van der Waals surface area contributed by atoms with Gasteiger partial charge in [-0.05, 0) is 18.6 Å². The molecule has 0 unspecified atom stereocenters. The highest BCUT2D eigenvalue weighted by atomic mass is 16.5. The van der Waals surface area contributed by atoms with E-state index in [2.05, 4.69) is 10.5 Å². The summed E-state index contributed by atoms with van der Waals surface area (Å²) < 4.78 is 5.13. The van der Waals surface area contributed by atoms with Crippen LogP contribution in [0.25, 0.3) is 11.0 Å². The number of nitrogens with one attached hydrogen (secondary N) is 1. The second-order valence-electron chi connectivity index (χ2n) is 4.16. The average molecular weight is 248 g/mol. The first-order valence-corrected chi connectivity index (χ1v) is 5.98. The third-order valence-corrected chi connectivity index (χ3v) is 2.86. The number of rotatable bonds is 5. The van der Waals surface area contributed by atoms with E-state index in [9.17, 15) is 4.79 Å². The summed E-state index contributed by atoms with van der Waals surface area (Å²) in [4.78, 5) is 11.8. The Hall–Kier alpha value is -1.88. The molecule has 1 amide bonds. The van der Waals surface area contributed by atoms with Crippen LogP contribution in [0.1, 0.15) is 19.0 Å². The van der Waals surface area contributed by atoms with Gasteiger partial charge in [0.15, 0.2) is 5.58 Å². The summed E-state index contributed by atoms with van der Waals surface area (Å²) in [6, 6.07) is 7.22. The first-order valence-electron chi connectivity index (χ1n) is 5.98. The highest BCUT2D eigenvalue weighted by molar-refractivity contribution is 5.86. The van der Waals surface area contributed by atoms with Gasteiger partial charge in [0.25, 0.3) is 0 Å². The lowest BCUT2D eigenvalue weighted by atomic mass is 10.1. The van der Waals surface area contributed by atoms with Gasteiger partial charge in [0.05, 0.1) is 19.1 Å². The fourth-order valence-electron chi connectivity index (χ4n) is 1.77. The molecule has 0 aliphatic rings. The topological polar surface area (TPSA) is 75.4 Å². The normalized spacial score (nSPS) is 12.6. The standard InChI is InChI=1S/C13H16N2O3/c1-2-9(8-16)14-13(17)7-11-10-5-3-4-6-12(10)18-15-11/h3-6,9,16H,2,7-8H2,1H3,(H,14,17)/t9-/m0/s1. The Morgan fingerprint density at radius 3 is 3.00 bits per heavy atom. The molecule has 0 aliphatic carbocycles. The lowest BCUT2D eigenvalue weighted by Crippen LogP contribution is -2.37. The fraction of sp³-hybridized carbons (Fsp3) is 0.385. The van der Waals surface area contributed by atoms with Crippen LogP contribution in [0.4, 0.5) is 0 Å². The molecule has 1 aromatic carbocycles. The maximum Gasteiger partial charge on any atom is 0.226 e. The first kappa shape index (κ1) is 12.6. The molecule has 2 aromatic rings. The molecule has 0 fully saturated rings. The predicted octanol–water partition coefficient (Wildman–Crippen LogP) is 1.26. The minimum Gasteiger partial charge on any atom is -0.394 e. The molecule has 2 rings (SSSR count). The zero-order chi connectivity index (χ0) is 13.0. The van der Waals surface area contributed by atoms with Crippen molar-refractivity contribution in [1.29, 1.82) is 0 Å². The van der Waals surface area contributed by atoms with Crippen molar-refractivity contribution in [3.63, 3.8) is 0 Å². The van der Waals surface area contributed by atoms with Gasteiger partial charge in [-0.2, -0.15) is 0 Å². The molecular weight excluding hydrogens is 232 g/mol. The van der Waals surface area contributed by atoms with E-state index >= 15 is 0 Å². The third-order valence-electron chi connectivity index (χ3n) is 2.86. The molecule has 0 bridgehead atoms. The smallest absolute Gasteiger partial charge is 0.226 e. The highest BCUT2D eigenvalue weighted by Crippen LogP contribution is 2.17. The van der Waals surface area contributed by atoms with Gasteiger partial charge in [-0.3, -0.25) is 4.79 Å². The second-order valence-corrected chi connectivity index (χ2v) is 4.16. The first-order chi connectivity index (χ1) is 8.74. The van der Waals surface area contributed by atoms with Crippen LogP contribution in [-0.2, 0) is 11.2 Å². The van der Waals surface area contributed by atoms with Crippen molar-refractivity contribution < 1.29 is 14.4 Å². The van der Waals surface area contributed by atoms with Crippen LogP contribution >= 0.6 is 0 Å². The minimum atomic E-state index is -0.198. The number of amides is 1. The molecule has 0 spiro atoms. The predicted molar refractivity (Wildman–Crippen MR) is 67.0 cm³/mol. The Labute approximate surface area is 105 Å². The minimum absolute atomic E-state index is 0.0538. The summed E-state index contributed by atoms with van der Waals surface area (Å²) in [7, 11) is 0. The lowest BCUT2D eigenvalue weighted by Gasteiger charge is -2.13. The van der Waals surface area contributed by atoms with E-state index in [4.69, 9.17) is 9.63 Å². The van der Waals surface area contributed by atoms with Gasteiger partial charge in [-0.25, -0.2) is 0 Å².